The van der Waals surface area contributed by atoms with Gasteiger partial charge in [0.15, 0.2) is 11.5 Å². The third kappa shape index (κ3) is 2.42. The van der Waals surface area contributed by atoms with Crippen molar-refractivity contribution >= 4 is 16.9 Å². The van der Waals surface area contributed by atoms with Crippen molar-refractivity contribution in [3.05, 3.63) is 28.8 Å². The van der Waals surface area contributed by atoms with E-state index >= 15 is 0 Å². The zero-order valence-electron chi connectivity index (χ0n) is 11.4. The van der Waals surface area contributed by atoms with Crippen LogP contribution in [0.5, 0.6) is 11.5 Å². The van der Waals surface area contributed by atoms with E-state index in [9.17, 15) is 9.59 Å². The maximum absolute atomic E-state index is 12.3. The van der Waals surface area contributed by atoms with Gasteiger partial charge in [0.05, 0.1) is 38.6 Å². The highest BCUT2D eigenvalue weighted by atomic mass is 16.5. The van der Waals surface area contributed by atoms with Crippen LogP contribution in [-0.2, 0) is 16.1 Å². The van der Waals surface area contributed by atoms with E-state index in [1.165, 1.54) is 38.3 Å². The Morgan fingerprint density at radius 3 is 2.45 bits per heavy atom. The van der Waals surface area contributed by atoms with Crippen LogP contribution in [0.4, 0.5) is 0 Å². The van der Waals surface area contributed by atoms with Gasteiger partial charge in [0, 0.05) is 6.07 Å². The number of esters is 1. The number of rotatable bonds is 4. The number of nitrogens with zero attached hydrogens (tertiary/aromatic N) is 2. The van der Waals surface area contributed by atoms with Crippen LogP contribution in [-0.4, -0.2) is 36.8 Å². The molecule has 7 nitrogen and oxygen atoms in total. The second-order valence-electron chi connectivity index (χ2n) is 3.98. The SMILES string of the molecule is COC(=O)Cn1cnc2cc(OC)c(OC)cc2c1=O. The van der Waals surface area contributed by atoms with Crippen molar-refractivity contribution < 1.29 is 19.0 Å². The molecule has 0 unspecified atom stereocenters. The molecule has 0 aliphatic heterocycles. The van der Waals surface area contributed by atoms with Gasteiger partial charge in [-0.25, -0.2) is 4.98 Å². The van der Waals surface area contributed by atoms with Crippen LogP contribution in [0.15, 0.2) is 23.3 Å². The molecular formula is C13H14N2O5. The molecule has 1 heterocycles. The largest absolute Gasteiger partial charge is 0.493 e. The minimum Gasteiger partial charge on any atom is -0.493 e. The molecule has 0 fully saturated rings. The van der Waals surface area contributed by atoms with Gasteiger partial charge < -0.3 is 14.2 Å². The van der Waals surface area contributed by atoms with Gasteiger partial charge in [-0.3, -0.25) is 14.2 Å². The lowest BCUT2D eigenvalue weighted by Gasteiger charge is -2.10. The highest BCUT2D eigenvalue weighted by molar-refractivity contribution is 5.82. The number of ether oxygens (including phenoxy) is 3. The van der Waals surface area contributed by atoms with Crippen molar-refractivity contribution in [1.82, 2.24) is 9.55 Å². The zero-order chi connectivity index (χ0) is 14.7. The van der Waals surface area contributed by atoms with Gasteiger partial charge in [-0.2, -0.15) is 0 Å². The number of hydrogen-bond acceptors (Lipinski definition) is 6. The van der Waals surface area contributed by atoms with Crippen molar-refractivity contribution in [1.29, 1.82) is 0 Å². The summed E-state index contributed by atoms with van der Waals surface area (Å²) < 4.78 is 16.0. The minimum absolute atomic E-state index is 0.188. The summed E-state index contributed by atoms with van der Waals surface area (Å²) >= 11 is 0. The first-order chi connectivity index (χ1) is 9.60. The van der Waals surface area contributed by atoms with Crippen LogP contribution in [0.2, 0.25) is 0 Å². The van der Waals surface area contributed by atoms with E-state index in [1.54, 1.807) is 6.07 Å². The van der Waals surface area contributed by atoms with Gasteiger partial charge in [0.2, 0.25) is 0 Å². The van der Waals surface area contributed by atoms with Gasteiger partial charge in [-0.1, -0.05) is 0 Å². The first-order valence-electron chi connectivity index (χ1n) is 5.78. The lowest BCUT2D eigenvalue weighted by molar-refractivity contribution is -0.141. The number of carbonyl (C=O) groups is 1. The Morgan fingerprint density at radius 2 is 1.85 bits per heavy atom. The summed E-state index contributed by atoms with van der Waals surface area (Å²) in [7, 11) is 4.24. The Kier molecular flexibility index (Phi) is 3.88. The second kappa shape index (κ2) is 5.60. The predicted octanol–water partition coefficient (Wildman–Crippen LogP) is 0.587. The Bertz CT molecular complexity index is 708. The molecular weight excluding hydrogens is 264 g/mol. The molecule has 1 aromatic heterocycles. The van der Waals surface area contributed by atoms with Gasteiger partial charge in [-0.05, 0) is 6.07 Å². The maximum Gasteiger partial charge on any atom is 0.325 e. The predicted molar refractivity (Wildman–Crippen MR) is 71.1 cm³/mol. The molecule has 1 aromatic carbocycles. The number of methoxy groups -OCH3 is 3. The van der Waals surface area contributed by atoms with Crippen LogP contribution >= 0.6 is 0 Å². The third-order valence-corrected chi connectivity index (χ3v) is 2.86. The molecule has 20 heavy (non-hydrogen) atoms. The van der Waals surface area contributed by atoms with Crippen LogP contribution in [0.25, 0.3) is 10.9 Å². The molecule has 0 bridgehead atoms. The third-order valence-electron chi connectivity index (χ3n) is 2.86. The van der Waals surface area contributed by atoms with Crippen molar-refractivity contribution in [2.75, 3.05) is 21.3 Å². The van der Waals surface area contributed by atoms with E-state index in [-0.39, 0.29) is 12.1 Å². The molecule has 0 amide bonds. The molecule has 0 atom stereocenters. The smallest absolute Gasteiger partial charge is 0.325 e. The van der Waals surface area contributed by atoms with Crippen LogP contribution in [0.1, 0.15) is 0 Å². The van der Waals surface area contributed by atoms with Gasteiger partial charge in [0.25, 0.3) is 5.56 Å². The van der Waals surface area contributed by atoms with Gasteiger partial charge in [0.1, 0.15) is 6.54 Å². The van der Waals surface area contributed by atoms with Crippen LogP contribution < -0.4 is 15.0 Å². The normalized spacial score (nSPS) is 10.3. The van der Waals surface area contributed by atoms with Crippen LogP contribution in [0, 0.1) is 0 Å². The summed E-state index contributed by atoms with van der Waals surface area (Å²) in [4.78, 5) is 27.6. The highest BCUT2D eigenvalue weighted by Crippen LogP contribution is 2.29. The molecule has 0 N–H and O–H groups in total. The fourth-order valence-corrected chi connectivity index (χ4v) is 1.80. The Hall–Kier alpha value is -2.57. The van der Waals surface area contributed by atoms with Gasteiger partial charge in [-0.15, -0.1) is 0 Å². The Balaban J connectivity index is 2.60. The number of carbonyl (C=O) groups excluding carboxylic acids is 1. The van der Waals surface area contributed by atoms with E-state index in [4.69, 9.17) is 9.47 Å². The topological polar surface area (TPSA) is 79.7 Å². The molecule has 106 valence electrons. The van der Waals surface area contributed by atoms with Gasteiger partial charge >= 0.3 is 5.97 Å². The Morgan fingerprint density at radius 1 is 1.20 bits per heavy atom. The Labute approximate surface area is 114 Å². The summed E-state index contributed by atoms with van der Waals surface area (Å²) in [6.07, 6.45) is 1.30. The highest BCUT2D eigenvalue weighted by Gasteiger charge is 2.12. The average molecular weight is 278 g/mol. The monoisotopic (exact) mass is 278 g/mol. The van der Waals surface area contributed by atoms with E-state index in [0.29, 0.717) is 22.4 Å². The molecule has 7 heteroatoms. The van der Waals surface area contributed by atoms with E-state index in [1.807, 2.05) is 0 Å². The van der Waals surface area contributed by atoms with Crippen molar-refractivity contribution in [2.45, 2.75) is 6.54 Å². The summed E-state index contributed by atoms with van der Waals surface area (Å²) in [6, 6.07) is 3.15. The van der Waals surface area contributed by atoms with Crippen molar-refractivity contribution in [2.24, 2.45) is 0 Å². The van der Waals surface area contributed by atoms with Crippen molar-refractivity contribution in [3.63, 3.8) is 0 Å². The lowest BCUT2D eigenvalue weighted by atomic mass is 10.2. The quantitative estimate of drug-likeness (QED) is 0.761. The fourth-order valence-electron chi connectivity index (χ4n) is 1.80. The summed E-state index contributed by atoms with van der Waals surface area (Å²) in [6.45, 7) is -0.188. The minimum atomic E-state index is -0.520. The number of hydrogen-bond donors (Lipinski definition) is 0. The molecule has 2 rings (SSSR count). The van der Waals surface area contributed by atoms with Crippen molar-refractivity contribution in [3.8, 4) is 11.5 Å². The lowest BCUT2D eigenvalue weighted by Crippen LogP contribution is -2.25. The van der Waals surface area contributed by atoms with E-state index in [2.05, 4.69) is 9.72 Å². The molecule has 0 radical (unpaired) electrons. The summed E-state index contributed by atoms with van der Waals surface area (Å²) in [5.74, 6) is 0.390. The number of benzene rings is 1. The van der Waals surface area contributed by atoms with E-state index in [0.717, 1.165) is 0 Å². The molecule has 0 saturated heterocycles. The zero-order valence-corrected chi connectivity index (χ0v) is 11.4. The molecule has 0 aliphatic carbocycles. The second-order valence-corrected chi connectivity index (χ2v) is 3.98. The number of fused-ring (bicyclic) bond motifs is 1. The van der Waals surface area contributed by atoms with Crippen LogP contribution in [0.3, 0.4) is 0 Å². The standard InChI is InChI=1S/C13H14N2O5/c1-18-10-4-8-9(5-11(10)19-2)14-7-15(13(8)17)6-12(16)20-3/h4-5,7H,6H2,1-3H3. The molecule has 0 spiro atoms. The molecule has 0 saturated carbocycles. The number of aromatic nitrogens is 2. The first-order valence-corrected chi connectivity index (χ1v) is 5.78. The molecule has 2 aromatic rings. The average Bonchev–Trinajstić information content (AvgIpc) is 2.48. The maximum atomic E-state index is 12.3. The first kappa shape index (κ1) is 13.9. The molecule has 0 aliphatic rings. The summed E-state index contributed by atoms with van der Waals surface area (Å²) in [5, 5.41) is 0.342. The van der Waals surface area contributed by atoms with E-state index < -0.39 is 5.97 Å². The fraction of sp³-hybridized carbons (Fsp3) is 0.308. The summed E-state index contributed by atoms with van der Waals surface area (Å²) in [5.41, 5.74) is 0.120.